The maximum absolute atomic E-state index is 13.8. The molecule has 1 aliphatic carbocycles. The predicted octanol–water partition coefficient (Wildman–Crippen LogP) is 4.86. The van der Waals surface area contributed by atoms with Gasteiger partial charge in [-0.25, -0.2) is 4.98 Å². The van der Waals surface area contributed by atoms with Crippen LogP contribution in [0.3, 0.4) is 0 Å². The molecule has 5 nitrogen and oxygen atoms in total. The maximum Gasteiger partial charge on any atom is 0.262 e. The molecule has 2 aromatic heterocycles. The van der Waals surface area contributed by atoms with Gasteiger partial charge in [-0.15, -0.1) is 11.3 Å². The van der Waals surface area contributed by atoms with Crippen LogP contribution >= 0.6 is 11.3 Å². The van der Waals surface area contributed by atoms with Crippen LogP contribution in [0.4, 0.5) is 0 Å². The lowest BCUT2D eigenvalue weighted by atomic mass is 9.97. The number of nitriles is 1. The largest absolute Gasteiger partial charge is 0.496 e. The third-order valence-electron chi connectivity index (χ3n) is 6.09. The van der Waals surface area contributed by atoms with Crippen molar-refractivity contribution in [2.45, 2.75) is 38.6 Å². The first-order valence-corrected chi connectivity index (χ1v) is 11.6. The van der Waals surface area contributed by atoms with Crippen LogP contribution < -0.4 is 10.3 Å². The van der Waals surface area contributed by atoms with Gasteiger partial charge in [0.15, 0.2) is 0 Å². The molecule has 0 saturated heterocycles. The Labute approximate surface area is 190 Å². The third kappa shape index (κ3) is 3.69. The number of ether oxygens (including phenoxy) is 1. The second kappa shape index (κ2) is 8.60. The Kier molecular flexibility index (Phi) is 5.50. The van der Waals surface area contributed by atoms with Crippen molar-refractivity contribution in [3.63, 3.8) is 0 Å². The lowest BCUT2D eigenvalue weighted by molar-refractivity contribution is 0.410. The Morgan fingerprint density at radius 1 is 1.16 bits per heavy atom. The number of aryl methyl sites for hydroxylation is 2. The minimum absolute atomic E-state index is 0.0154. The number of thiophene rings is 1. The molecule has 32 heavy (non-hydrogen) atoms. The van der Waals surface area contributed by atoms with Crippen molar-refractivity contribution in [2.24, 2.45) is 0 Å². The number of benzene rings is 2. The Morgan fingerprint density at radius 3 is 2.84 bits per heavy atom. The number of aromatic nitrogens is 2. The first kappa shape index (κ1) is 20.5. The van der Waals surface area contributed by atoms with E-state index in [-0.39, 0.29) is 5.56 Å². The molecule has 0 radical (unpaired) electrons. The fraction of sp³-hybridized carbons (Fsp3) is 0.269. The van der Waals surface area contributed by atoms with E-state index in [0.717, 1.165) is 46.4 Å². The lowest BCUT2D eigenvalue weighted by Gasteiger charge is -2.15. The zero-order chi connectivity index (χ0) is 22.1. The molecule has 2 aromatic carbocycles. The summed E-state index contributed by atoms with van der Waals surface area (Å²) in [5.74, 6) is 1.50. The normalized spacial score (nSPS) is 13.0. The summed E-state index contributed by atoms with van der Waals surface area (Å²) >= 11 is 1.67. The van der Waals surface area contributed by atoms with Gasteiger partial charge in [0.05, 0.1) is 30.7 Å². The summed E-state index contributed by atoms with van der Waals surface area (Å²) in [4.78, 5) is 21.0. The fourth-order valence-corrected chi connectivity index (χ4v) is 5.79. The lowest BCUT2D eigenvalue weighted by Crippen LogP contribution is -2.26. The average Bonchev–Trinajstić information content (AvgIpc) is 3.20. The van der Waals surface area contributed by atoms with E-state index in [9.17, 15) is 10.1 Å². The molecule has 0 aliphatic heterocycles. The quantitative estimate of drug-likeness (QED) is 0.444. The minimum Gasteiger partial charge on any atom is -0.496 e. The molecule has 0 unspecified atom stereocenters. The van der Waals surface area contributed by atoms with Crippen LogP contribution in [0.2, 0.25) is 0 Å². The standard InChI is InChI=1S/C26H23N3O2S/c1-31-21-11-4-2-9-19(21)14-23-28-25-24(20-10-3-5-12-22(20)32-25)26(30)29(23)16-18-8-6-7-17(13-18)15-27/h2,4,6-9,11,13H,3,5,10,12,14,16H2,1H3. The Balaban J connectivity index is 1.69. The Morgan fingerprint density at radius 2 is 2.00 bits per heavy atom. The van der Waals surface area contributed by atoms with Crippen molar-refractivity contribution in [2.75, 3.05) is 7.11 Å². The van der Waals surface area contributed by atoms with Crippen molar-refractivity contribution in [1.29, 1.82) is 5.26 Å². The van der Waals surface area contributed by atoms with Crippen molar-refractivity contribution < 1.29 is 4.74 Å². The highest BCUT2D eigenvalue weighted by Crippen LogP contribution is 2.34. The highest BCUT2D eigenvalue weighted by Gasteiger charge is 2.22. The summed E-state index contributed by atoms with van der Waals surface area (Å²) in [6.45, 7) is 0.381. The first-order chi connectivity index (χ1) is 15.7. The number of rotatable bonds is 5. The van der Waals surface area contributed by atoms with E-state index >= 15 is 0 Å². The second-order valence-electron chi connectivity index (χ2n) is 8.11. The summed E-state index contributed by atoms with van der Waals surface area (Å²) in [5, 5.41) is 10.1. The minimum atomic E-state index is 0.0154. The number of para-hydroxylation sites is 1. The van der Waals surface area contributed by atoms with Crippen molar-refractivity contribution >= 4 is 21.6 Å². The SMILES string of the molecule is COc1ccccc1Cc1nc2sc3c(c2c(=O)n1Cc1cccc(C#N)c1)CCCC3. The van der Waals surface area contributed by atoms with Gasteiger partial charge in [-0.1, -0.05) is 30.3 Å². The van der Waals surface area contributed by atoms with Gasteiger partial charge in [-0.3, -0.25) is 9.36 Å². The van der Waals surface area contributed by atoms with Crippen LogP contribution in [0.1, 0.15) is 45.8 Å². The molecule has 2 heterocycles. The van der Waals surface area contributed by atoms with Gasteiger partial charge < -0.3 is 4.74 Å². The molecule has 1 aliphatic rings. The zero-order valence-electron chi connectivity index (χ0n) is 17.9. The maximum atomic E-state index is 13.8. The predicted molar refractivity (Wildman–Crippen MR) is 127 cm³/mol. The number of hydrogen-bond donors (Lipinski definition) is 0. The van der Waals surface area contributed by atoms with Crippen LogP contribution in [0.5, 0.6) is 5.75 Å². The first-order valence-electron chi connectivity index (χ1n) is 10.8. The fourth-order valence-electron chi connectivity index (χ4n) is 4.52. The molecule has 0 N–H and O–H groups in total. The van der Waals surface area contributed by atoms with E-state index in [1.54, 1.807) is 29.1 Å². The van der Waals surface area contributed by atoms with Gasteiger partial charge in [0.25, 0.3) is 5.56 Å². The van der Waals surface area contributed by atoms with E-state index in [1.807, 2.05) is 42.5 Å². The Bertz CT molecular complexity index is 1410. The van der Waals surface area contributed by atoms with E-state index < -0.39 is 0 Å². The molecule has 0 atom stereocenters. The van der Waals surface area contributed by atoms with Gasteiger partial charge in [-0.05, 0) is 55.0 Å². The summed E-state index contributed by atoms with van der Waals surface area (Å²) in [6.07, 6.45) is 4.76. The number of methoxy groups -OCH3 is 1. The number of hydrogen-bond acceptors (Lipinski definition) is 5. The molecular weight excluding hydrogens is 418 g/mol. The van der Waals surface area contributed by atoms with Crippen LogP contribution in [0.25, 0.3) is 10.2 Å². The molecule has 0 bridgehead atoms. The van der Waals surface area contributed by atoms with Crippen LogP contribution in [-0.2, 0) is 25.8 Å². The monoisotopic (exact) mass is 441 g/mol. The summed E-state index contributed by atoms with van der Waals surface area (Å²) in [6, 6.07) is 17.5. The molecule has 160 valence electrons. The number of fused-ring (bicyclic) bond motifs is 3. The summed E-state index contributed by atoms with van der Waals surface area (Å²) < 4.78 is 7.33. The molecule has 0 saturated carbocycles. The van der Waals surface area contributed by atoms with E-state index in [0.29, 0.717) is 24.4 Å². The topological polar surface area (TPSA) is 67.9 Å². The van der Waals surface area contributed by atoms with E-state index in [4.69, 9.17) is 9.72 Å². The van der Waals surface area contributed by atoms with Crippen molar-refractivity contribution in [1.82, 2.24) is 9.55 Å². The molecular formula is C26H23N3O2S. The van der Waals surface area contributed by atoms with Crippen LogP contribution in [-0.4, -0.2) is 16.7 Å². The highest BCUT2D eigenvalue weighted by atomic mass is 32.1. The van der Waals surface area contributed by atoms with Crippen molar-refractivity contribution in [3.05, 3.63) is 91.8 Å². The zero-order valence-corrected chi connectivity index (χ0v) is 18.7. The third-order valence-corrected chi connectivity index (χ3v) is 7.28. The molecule has 4 aromatic rings. The summed E-state index contributed by atoms with van der Waals surface area (Å²) in [7, 11) is 1.66. The van der Waals surface area contributed by atoms with Gasteiger partial charge in [0.1, 0.15) is 16.4 Å². The van der Waals surface area contributed by atoms with Gasteiger partial charge in [-0.2, -0.15) is 5.26 Å². The van der Waals surface area contributed by atoms with Crippen molar-refractivity contribution in [3.8, 4) is 11.8 Å². The molecule has 0 amide bonds. The van der Waals surface area contributed by atoms with E-state index in [1.165, 1.54) is 16.9 Å². The molecule has 5 rings (SSSR count). The summed E-state index contributed by atoms with van der Waals surface area (Å²) in [5.41, 5.74) is 3.70. The Hall–Kier alpha value is -3.43. The van der Waals surface area contributed by atoms with E-state index in [2.05, 4.69) is 6.07 Å². The molecule has 0 spiro atoms. The van der Waals surface area contributed by atoms with Gasteiger partial charge in [0.2, 0.25) is 0 Å². The molecule has 0 fully saturated rings. The molecule has 6 heteroatoms. The average molecular weight is 442 g/mol. The second-order valence-corrected chi connectivity index (χ2v) is 9.19. The van der Waals surface area contributed by atoms with Gasteiger partial charge >= 0.3 is 0 Å². The smallest absolute Gasteiger partial charge is 0.262 e. The van der Waals surface area contributed by atoms with Crippen LogP contribution in [0.15, 0.2) is 53.3 Å². The highest BCUT2D eigenvalue weighted by molar-refractivity contribution is 7.18. The van der Waals surface area contributed by atoms with Gasteiger partial charge in [0, 0.05) is 16.9 Å². The van der Waals surface area contributed by atoms with Crippen LogP contribution in [0, 0.1) is 11.3 Å². The number of nitrogens with zero attached hydrogens (tertiary/aromatic N) is 3.